The molecule has 1 heterocycles. The van der Waals surface area contributed by atoms with Crippen LogP contribution < -0.4 is 0 Å². The van der Waals surface area contributed by atoms with Gasteiger partial charge >= 0.3 is 0 Å². The number of nitrogens with zero attached hydrogens (tertiary/aromatic N) is 2. The minimum absolute atomic E-state index is 0.0698. The van der Waals surface area contributed by atoms with E-state index in [-0.39, 0.29) is 11.4 Å². The summed E-state index contributed by atoms with van der Waals surface area (Å²) in [5, 5.41) is 0.958. The quantitative estimate of drug-likeness (QED) is 0.792. The summed E-state index contributed by atoms with van der Waals surface area (Å²) in [5.74, 6) is -0.179. The van der Waals surface area contributed by atoms with Crippen molar-refractivity contribution in [3.05, 3.63) is 36.3 Å². The summed E-state index contributed by atoms with van der Waals surface area (Å²) < 4.78 is 15.3. The van der Waals surface area contributed by atoms with Crippen LogP contribution in [0.25, 0.3) is 10.9 Å². The average molecular weight is 234 g/mol. The zero-order chi connectivity index (χ0) is 12.6. The molecule has 1 aromatic heterocycles. The lowest BCUT2D eigenvalue weighted by molar-refractivity contribution is 0.171. The van der Waals surface area contributed by atoms with E-state index >= 15 is 0 Å². The molecule has 0 amide bonds. The molecule has 3 heteroatoms. The second-order valence-corrected chi connectivity index (χ2v) is 5.35. The number of aromatic nitrogens is 1. The van der Waals surface area contributed by atoms with Crippen LogP contribution in [0.15, 0.2) is 30.5 Å². The monoisotopic (exact) mass is 234 g/mol. The summed E-state index contributed by atoms with van der Waals surface area (Å²) >= 11 is 0. The third kappa shape index (κ3) is 2.34. The summed E-state index contributed by atoms with van der Waals surface area (Å²) in [6.07, 6.45) is 2.02. The molecule has 0 fully saturated rings. The van der Waals surface area contributed by atoms with Gasteiger partial charge in [-0.05, 0) is 52.2 Å². The van der Waals surface area contributed by atoms with Gasteiger partial charge in [0.2, 0.25) is 0 Å². The van der Waals surface area contributed by atoms with Crippen molar-refractivity contribution in [3.8, 4) is 0 Å². The summed E-state index contributed by atoms with van der Waals surface area (Å²) in [6, 6.07) is 6.90. The molecule has 17 heavy (non-hydrogen) atoms. The Bertz CT molecular complexity index is 526. The lowest BCUT2D eigenvalue weighted by Gasteiger charge is -2.33. The molecule has 0 aliphatic carbocycles. The fourth-order valence-electron chi connectivity index (χ4n) is 1.87. The van der Waals surface area contributed by atoms with E-state index in [1.165, 1.54) is 6.07 Å². The van der Waals surface area contributed by atoms with Crippen LogP contribution in [-0.4, -0.2) is 29.1 Å². The second kappa shape index (κ2) is 4.15. The van der Waals surface area contributed by atoms with E-state index in [0.29, 0.717) is 0 Å². The standard InChI is InChI=1S/C14H19FN2/c1-14(2,16(3)4)10-17-8-7-11-9-12(15)5-6-13(11)17/h5-9H,10H2,1-4H3. The molecule has 2 nitrogen and oxygen atoms in total. The van der Waals surface area contributed by atoms with E-state index in [1.807, 2.05) is 18.3 Å². The molecule has 0 spiro atoms. The third-order valence-electron chi connectivity index (χ3n) is 3.50. The molecular weight excluding hydrogens is 215 g/mol. The number of benzene rings is 1. The molecule has 0 atom stereocenters. The minimum atomic E-state index is -0.179. The van der Waals surface area contributed by atoms with E-state index in [4.69, 9.17) is 0 Å². The van der Waals surface area contributed by atoms with Crippen molar-refractivity contribution in [1.82, 2.24) is 9.47 Å². The first kappa shape index (κ1) is 12.1. The highest BCUT2D eigenvalue weighted by Gasteiger charge is 2.21. The van der Waals surface area contributed by atoms with Gasteiger partial charge in [-0.2, -0.15) is 0 Å². The zero-order valence-electron chi connectivity index (χ0n) is 10.9. The van der Waals surface area contributed by atoms with Crippen molar-refractivity contribution in [3.63, 3.8) is 0 Å². The molecule has 0 aliphatic rings. The zero-order valence-corrected chi connectivity index (χ0v) is 10.9. The van der Waals surface area contributed by atoms with Crippen molar-refractivity contribution in [2.75, 3.05) is 14.1 Å². The number of rotatable bonds is 3. The maximum atomic E-state index is 13.1. The van der Waals surface area contributed by atoms with Crippen molar-refractivity contribution in [2.24, 2.45) is 0 Å². The molecule has 0 saturated carbocycles. The minimum Gasteiger partial charge on any atom is -0.346 e. The Morgan fingerprint density at radius 3 is 2.59 bits per heavy atom. The van der Waals surface area contributed by atoms with E-state index in [9.17, 15) is 4.39 Å². The number of halogens is 1. The summed E-state index contributed by atoms with van der Waals surface area (Å²) in [7, 11) is 4.15. The largest absolute Gasteiger partial charge is 0.346 e. The fourth-order valence-corrected chi connectivity index (χ4v) is 1.87. The smallest absolute Gasteiger partial charge is 0.123 e. The molecule has 0 N–H and O–H groups in total. The lowest BCUT2D eigenvalue weighted by Crippen LogP contribution is -2.41. The van der Waals surface area contributed by atoms with E-state index in [2.05, 4.69) is 37.4 Å². The SMILES string of the molecule is CN(C)C(C)(C)Cn1ccc2cc(F)ccc21. The van der Waals surface area contributed by atoms with E-state index in [1.54, 1.807) is 6.07 Å². The van der Waals surface area contributed by atoms with Gasteiger partial charge in [0.05, 0.1) is 0 Å². The van der Waals surface area contributed by atoms with Crippen LogP contribution in [0.3, 0.4) is 0 Å². The van der Waals surface area contributed by atoms with Crippen LogP contribution in [0, 0.1) is 5.82 Å². The normalized spacial score (nSPS) is 12.6. The molecule has 0 saturated heterocycles. The first-order valence-corrected chi connectivity index (χ1v) is 5.82. The van der Waals surface area contributed by atoms with Gasteiger partial charge < -0.3 is 9.47 Å². The first-order valence-electron chi connectivity index (χ1n) is 5.82. The number of hydrogen-bond donors (Lipinski definition) is 0. The molecule has 0 aliphatic heterocycles. The Balaban J connectivity index is 2.37. The summed E-state index contributed by atoms with van der Waals surface area (Å²) in [5.41, 5.74) is 1.15. The van der Waals surface area contributed by atoms with Crippen LogP contribution in [0.4, 0.5) is 4.39 Å². The van der Waals surface area contributed by atoms with Gasteiger partial charge in [-0.3, -0.25) is 0 Å². The van der Waals surface area contributed by atoms with Crippen LogP contribution >= 0.6 is 0 Å². The van der Waals surface area contributed by atoms with Gasteiger partial charge in [-0.15, -0.1) is 0 Å². The third-order valence-corrected chi connectivity index (χ3v) is 3.50. The number of likely N-dealkylation sites (N-methyl/N-ethyl adjacent to an activating group) is 1. The Morgan fingerprint density at radius 1 is 1.24 bits per heavy atom. The Morgan fingerprint density at radius 2 is 1.94 bits per heavy atom. The van der Waals surface area contributed by atoms with Gasteiger partial charge in [0, 0.05) is 29.2 Å². The molecule has 0 unspecified atom stereocenters. The van der Waals surface area contributed by atoms with Gasteiger partial charge in [-0.1, -0.05) is 0 Å². The van der Waals surface area contributed by atoms with E-state index in [0.717, 1.165) is 17.4 Å². The van der Waals surface area contributed by atoms with E-state index < -0.39 is 0 Å². The number of hydrogen-bond acceptors (Lipinski definition) is 1. The summed E-state index contributed by atoms with van der Waals surface area (Å²) in [6.45, 7) is 5.28. The van der Waals surface area contributed by atoms with Crippen LogP contribution in [0.2, 0.25) is 0 Å². The maximum absolute atomic E-state index is 13.1. The highest BCUT2D eigenvalue weighted by Crippen LogP contribution is 2.21. The average Bonchev–Trinajstić information content (AvgIpc) is 2.60. The molecule has 2 rings (SSSR count). The van der Waals surface area contributed by atoms with Gasteiger partial charge in [-0.25, -0.2) is 4.39 Å². The highest BCUT2D eigenvalue weighted by atomic mass is 19.1. The molecule has 0 bridgehead atoms. The van der Waals surface area contributed by atoms with Crippen LogP contribution in [-0.2, 0) is 6.54 Å². The first-order chi connectivity index (χ1) is 7.90. The molecule has 1 aromatic carbocycles. The number of fused-ring (bicyclic) bond motifs is 1. The van der Waals surface area contributed by atoms with Gasteiger partial charge in [0.1, 0.15) is 5.82 Å². The van der Waals surface area contributed by atoms with Crippen molar-refractivity contribution < 1.29 is 4.39 Å². The molecule has 92 valence electrons. The Kier molecular flexibility index (Phi) is 2.96. The van der Waals surface area contributed by atoms with Crippen LogP contribution in [0.1, 0.15) is 13.8 Å². The van der Waals surface area contributed by atoms with Crippen molar-refractivity contribution >= 4 is 10.9 Å². The summed E-state index contributed by atoms with van der Waals surface area (Å²) in [4.78, 5) is 2.20. The van der Waals surface area contributed by atoms with Crippen molar-refractivity contribution in [1.29, 1.82) is 0 Å². The predicted octanol–water partition coefficient (Wildman–Crippen LogP) is 3.12. The Labute approximate surface area is 102 Å². The molecule has 0 radical (unpaired) electrons. The second-order valence-electron chi connectivity index (χ2n) is 5.35. The predicted molar refractivity (Wildman–Crippen MR) is 69.7 cm³/mol. The topological polar surface area (TPSA) is 8.17 Å². The highest BCUT2D eigenvalue weighted by molar-refractivity contribution is 5.80. The molecule has 2 aromatic rings. The fraction of sp³-hybridized carbons (Fsp3) is 0.429. The Hall–Kier alpha value is -1.35. The maximum Gasteiger partial charge on any atom is 0.123 e. The van der Waals surface area contributed by atoms with Gasteiger partial charge in [0.15, 0.2) is 0 Å². The van der Waals surface area contributed by atoms with Crippen LogP contribution in [0.5, 0.6) is 0 Å². The van der Waals surface area contributed by atoms with Gasteiger partial charge in [0.25, 0.3) is 0 Å². The molecular formula is C14H19FN2. The van der Waals surface area contributed by atoms with Crippen molar-refractivity contribution in [2.45, 2.75) is 25.9 Å². The lowest BCUT2D eigenvalue weighted by atomic mass is 10.0.